The second-order valence-corrected chi connectivity index (χ2v) is 7.18. The molecule has 2 aliphatic carbocycles. The van der Waals surface area contributed by atoms with Crippen molar-refractivity contribution >= 4 is 0 Å². The molecular formula is C18H26O2. The van der Waals surface area contributed by atoms with Crippen molar-refractivity contribution in [1.82, 2.24) is 0 Å². The molecule has 0 heterocycles. The van der Waals surface area contributed by atoms with Gasteiger partial charge in [0, 0.05) is 6.61 Å². The third-order valence-electron chi connectivity index (χ3n) is 5.66. The van der Waals surface area contributed by atoms with E-state index in [1.54, 1.807) is 0 Å². The first kappa shape index (κ1) is 13.9. The lowest BCUT2D eigenvalue weighted by molar-refractivity contribution is -0.0847. The number of hydrogen-bond donors (Lipinski definition) is 1. The fourth-order valence-corrected chi connectivity index (χ4v) is 4.34. The number of aryl methyl sites for hydroxylation is 1. The Morgan fingerprint density at radius 2 is 2.05 bits per heavy atom. The van der Waals surface area contributed by atoms with Gasteiger partial charge in [-0.1, -0.05) is 13.0 Å². The summed E-state index contributed by atoms with van der Waals surface area (Å²) < 4.78 is 6.05. The molecule has 0 aromatic heterocycles. The van der Waals surface area contributed by atoms with Crippen LogP contribution in [0.15, 0.2) is 18.2 Å². The van der Waals surface area contributed by atoms with Crippen LogP contribution in [0.4, 0.5) is 0 Å². The molecule has 0 amide bonds. The van der Waals surface area contributed by atoms with Crippen LogP contribution in [-0.4, -0.2) is 17.3 Å². The van der Waals surface area contributed by atoms with E-state index in [0.717, 1.165) is 19.4 Å². The number of benzene rings is 1. The highest BCUT2D eigenvalue weighted by molar-refractivity contribution is 5.41. The molecule has 3 rings (SSSR count). The molecule has 1 fully saturated rings. The van der Waals surface area contributed by atoms with Gasteiger partial charge in [-0.15, -0.1) is 0 Å². The van der Waals surface area contributed by atoms with Crippen LogP contribution in [0.3, 0.4) is 0 Å². The largest absolute Gasteiger partial charge is 0.508 e. The standard InChI is InChI=1S/C18H26O2/c1-4-20-18(3)10-9-17(2)8-7-13-11-14(19)5-6-15(13)16(17)12-18/h5-6,11,16,19H,4,7-10,12H2,1-3H3/t16?,17?,18-/m0/s1. The Bertz CT molecular complexity index is 510. The van der Waals surface area contributed by atoms with Crippen LogP contribution in [0.1, 0.15) is 63.5 Å². The normalized spacial score (nSPS) is 36.2. The molecule has 0 saturated heterocycles. The van der Waals surface area contributed by atoms with Crippen molar-refractivity contribution < 1.29 is 9.84 Å². The van der Waals surface area contributed by atoms with Gasteiger partial charge in [0.2, 0.25) is 0 Å². The van der Waals surface area contributed by atoms with Gasteiger partial charge < -0.3 is 9.84 Å². The van der Waals surface area contributed by atoms with Gasteiger partial charge in [0.1, 0.15) is 5.75 Å². The highest BCUT2D eigenvalue weighted by Gasteiger charge is 2.47. The van der Waals surface area contributed by atoms with Crippen LogP contribution in [0.2, 0.25) is 0 Å². The zero-order valence-corrected chi connectivity index (χ0v) is 12.9. The highest BCUT2D eigenvalue weighted by Crippen LogP contribution is 2.56. The second-order valence-electron chi connectivity index (χ2n) is 7.18. The first-order valence-electron chi connectivity index (χ1n) is 7.91. The van der Waals surface area contributed by atoms with Crippen molar-refractivity contribution in [2.24, 2.45) is 5.41 Å². The predicted molar refractivity (Wildman–Crippen MR) is 81.2 cm³/mol. The summed E-state index contributed by atoms with van der Waals surface area (Å²) in [4.78, 5) is 0. The molecule has 1 aromatic rings. The molecule has 2 unspecified atom stereocenters. The fourth-order valence-electron chi connectivity index (χ4n) is 4.34. The van der Waals surface area contributed by atoms with Crippen molar-refractivity contribution in [3.05, 3.63) is 29.3 Å². The lowest BCUT2D eigenvalue weighted by atomic mass is 9.56. The molecule has 2 aliphatic rings. The van der Waals surface area contributed by atoms with Crippen LogP contribution >= 0.6 is 0 Å². The van der Waals surface area contributed by atoms with Gasteiger partial charge >= 0.3 is 0 Å². The van der Waals surface area contributed by atoms with E-state index in [0.29, 0.717) is 17.1 Å². The summed E-state index contributed by atoms with van der Waals surface area (Å²) in [6.07, 6.45) is 5.85. The van der Waals surface area contributed by atoms with Crippen molar-refractivity contribution in [2.45, 2.75) is 64.4 Å². The van der Waals surface area contributed by atoms with Gasteiger partial charge in [-0.05, 0) is 80.5 Å². The van der Waals surface area contributed by atoms with Crippen LogP contribution in [0.25, 0.3) is 0 Å². The van der Waals surface area contributed by atoms with Crippen molar-refractivity contribution in [2.75, 3.05) is 6.61 Å². The van der Waals surface area contributed by atoms with Crippen LogP contribution in [0, 0.1) is 5.41 Å². The first-order chi connectivity index (χ1) is 9.46. The van der Waals surface area contributed by atoms with Gasteiger partial charge in [-0.3, -0.25) is 0 Å². The minimum Gasteiger partial charge on any atom is -0.508 e. The summed E-state index contributed by atoms with van der Waals surface area (Å²) in [6, 6.07) is 5.95. The molecule has 2 heteroatoms. The zero-order chi connectivity index (χ0) is 14.4. The minimum absolute atomic E-state index is 0.0193. The van der Waals surface area contributed by atoms with Crippen molar-refractivity contribution in [3.63, 3.8) is 0 Å². The third kappa shape index (κ3) is 2.24. The van der Waals surface area contributed by atoms with E-state index in [2.05, 4.69) is 26.8 Å². The number of fused-ring (bicyclic) bond motifs is 3. The summed E-state index contributed by atoms with van der Waals surface area (Å²) in [7, 11) is 0. The summed E-state index contributed by atoms with van der Waals surface area (Å²) >= 11 is 0. The minimum atomic E-state index is 0.0193. The Hall–Kier alpha value is -1.02. The quantitative estimate of drug-likeness (QED) is 0.865. The second kappa shape index (κ2) is 4.77. The highest BCUT2D eigenvalue weighted by atomic mass is 16.5. The van der Waals surface area contributed by atoms with E-state index in [-0.39, 0.29) is 5.60 Å². The lowest BCUT2D eigenvalue weighted by Crippen LogP contribution is -2.44. The topological polar surface area (TPSA) is 29.5 Å². The van der Waals surface area contributed by atoms with Crippen molar-refractivity contribution in [3.8, 4) is 5.75 Å². The van der Waals surface area contributed by atoms with Crippen LogP contribution < -0.4 is 0 Å². The summed E-state index contributed by atoms with van der Waals surface area (Å²) in [5.41, 5.74) is 3.21. The maximum Gasteiger partial charge on any atom is 0.115 e. The number of phenolic OH excluding ortho intramolecular Hbond substituents is 1. The van der Waals surface area contributed by atoms with Gasteiger partial charge in [0.15, 0.2) is 0 Å². The van der Waals surface area contributed by atoms with E-state index < -0.39 is 0 Å². The molecule has 0 spiro atoms. The molecule has 1 saturated carbocycles. The fraction of sp³-hybridized carbons (Fsp3) is 0.667. The van der Waals surface area contributed by atoms with E-state index in [4.69, 9.17) is 4.74 Å². The third-order valence-corrected chi connectivity index (χ3v) is 5.66. The average molecular weight is 274 g/mol. The first-order valence-corrected chi connectivity index (χ1v) is 7.91. The number of phenols is 1. The maximum absolute atomic E-state index is 9.71. The molecule has 0 radical (unpaired) electrons. The smallest absolute Gasteiger partial charge is 0.115 e. The molecule has 110 valence electrons. The molecule has 1 N–H and O–H groups in total. The Morgan fingerprint density at radius 3 is 2.80 bits per heavy atom. The Balaban J connectivity index is 1.97. The van der Waals surface area contributed by atoms with Gasteiger partial charge in [-0.25, -0.2) is 0 Å². The summed E-state index contributed by atoms with van der Waals surface area (Å²) in [6.45, 7) is 7.60. The summed E-state index contributed by atoms with van der Waals surface area (Å²) in [5.74, 6) is 0.966. The van der Waals surface area contributed by atoms with Crippen LogP contribution in [0.5, 0.6) is 5.75 Å². The Labute approximate surface area is 122 Å². The molecule has 0 bridgehead atoms. The molecule has 3 atom stereocenters. The Morgan fingerprint density at radius 1 is 1.25 bits per heavy atom. The van der Waals surface area contributed by atoms with Gasteiger partial charge in [0.05, 0.1) is 5.60 Å². The maximum atomic E-state index is 9.71. The SMILES string of the molecule is CCO[C@@]1(C)CCC2(C)CCc3cc(O)ccc3C2C1. The van der Waals surface area contributed by atoms with Gasteiger partial charge in [-0.2, -0.15) is 0 Å². The average Bonchev–Trinajstić information content (AvgIpc) is 2.40. The van der Waals surface area contributed by atoms with E-state index in [9.17, 15) is 5.11 Å². The number of hydrogen-bond acceptors (Lipinski definition) is 2. The number of ether oxygens (including phenoxy) is 1. The zero-order valence-electron chi connectivity index (χ0n) is 12.9. The number of rotatable bonds is 2. The predicted octanol–water partition coefficient (Wildman–Crippen LogP) is 4.41. The van der Waals surface area contributed by atoms with E-state index in [1.165, 1.54) is 30.4 Å². The molecule has 20 heavy (non-hydrogen) atoms. The van der Waals surface area contributed by atoms with Crippen molar-refractivity contribution in [1.29, 1.82) is 0 Å². The number of aromatic hydroxyl groups is 1. The van der Waals surface area contributed by atoms with E-state index >= 15 is 0 Å². The van der Waals surface area contributed by atoms with Crippen LogP contribution in [-0.2, 0) is 11.2 Å². The monoisotopic (exact) mass is 274 g/mol. The summed E-state index contributed by atoms with van der Waals surface area (Å²) in [5, 5.41) is 9.71. The molecule has 2 nitrogen and oxygen atoms in total. The van der Waals surface area contributed by atoms with Gasteiger partial charge in [0.25, 0.3) is 0 Å². The molecule has 1 aromatic carbocycles. The molecule has 0 aliphatic heterocycles. The lowest BCUT2D eigenvalue weighted by Gasteiger charge is -2.51. The molecular weight excluding hydrogens is 248 g/mol. The Kier molecular flexibility index (Phi) is 3.32. The van der Waals surface area contributed by atoms with E-state index in [1.807, 2.05) is 12.1 Å².